The zero-order chi connectivity index (χ0) is 55.0. The Balaban J connectivity index is 4.40. The van der Waals surface area contributed by atoms with E-state index in [0.717, 1.165) is 154 Å². The summed E-state index contributed by atoms with van der Waals surface area (Å²) in [5.41, 5.74) is 0. The van der Waals surface area contributed by atoms with E-state index in [4.69, 9.17) is 14.2 Å². The quantitative estimate of drug-likeness (QED) is 0.0261. The Morgan fingerprint density at radius 2 is 0.513 bits per heavy atom. The van der Waals surface area contributed by atoms with Gasteiger partial charge in [-0.05, 0) is 141 Å². The lowest BCUT2D eigenvalue weighted by molar-refractivity contribution is -0.167. The number of esters is 3. The Kier molecular flexibility index (Phi) is 58.9. The molecule has 0 radical (unpaired) electrons. The second kappa shape index (κ2) is 62.8. The van der Waals surface area contributed by atoms with E-state index in [1.165, 1.54) is 64.2 Å². The zero-order valence-electron chi connectivity index (χ0n) is 49.0. The molecule has 0 heterocycles. The van der Waals surface area contributed by atoms with Gasteiger partial charge >= 0.3 is 17.9 Å². The fourth-order valence-electron chi connectivity index (χ4n) is 8.00. The maximum atomic E-state index is 12.9. The molecule has 0 bridgehead atoms. The normalized spacial score (nSPS) is 13.1. The van der Waals surface area contributed by atoms with Crippen molar-refractivity contribution < 1.29 is 28.6 Å². The largest absolute Gasteiger partial charge is 0.462 e. The van der Waals surface area contributed by atoms with Crippen LogP contribution in [0.1, 0.15) is 258 Å². The maximum Gasteiger partial charge on any atom is 0.306 e. The standard InChI is InChI=1S/C70H112O6/c1-4-7-10-13-16-19-22-25-27-29-31-32-33-34-35-36-37-38-40-41-43-45-48-51-54-57-60-63-69(72)75-66-67(65-74-68(71)62-59-56-53-50-47-24-21-18-15-12-9-6-3)76-70(73)64-61-58-55-52-49-46-44-42-39-30-28-26-23-20-17-14-11-8-5-2/h7-8,10-11,16-21,25-28,31-32,34-35,37-39,42,46,49,67H,4-6,9,12-15,22-24,29-30,33,36,40-41,43-45,47-48,50-66H2,1-3H3/b10-7-,11-8-,19-16-,20-17-,21-18-,27-25-,28-26-,32-31-,35-34-,38-37-,42-39-,49-46-. The predicted octanol–water partition coefficient (Wildman–Crippen LogP) is 21.2. The molecule has 0 fully saturated rings. The third-order valence-electron chi connectivity index (χ3n) is 12.6. The van der Waals surface area contributed by atoms with Gasteiger partial charge in [0, 0.05) is 19.3 Å². The molecule has 1 unspecified atom stereocenters. The number of hydrogen-bond donors (Lipinski definition) is 0. The first kappa shape index (κ1) is 71.3. The Bertz CT molecular complexity index is 1680. The van der Waals surface area contributed by atoms with Crippen LogP contribution in [0.15, 0.2) is 146 Å². The Labute approximate surface area is 467 Å². The topological polar surface area (TPSA) is 78.9 Å². The molecule has 1 atom stereocenters. The molecule has 0 N–H and O–H groups in total. The van der Waals surface area contributed by atoms with Crippen molar-refractivity contribution >= 4 is 17.9 Å². The minimum absolute atomic E-state index is 0.103. The van der Waals surface area contributed by atoms with E-state index in [2.05, 4.69) is 167 Å². The van der Waals surface area contributed by atoms with E-state index in [9.17, 15) is 14.4 Å². The highest BCUT2D eigenvalue weighted by Crippen LogP contribution is 2.14. The fourth-order valence-corrected chi connectivity index (χ4v) is 8.00. The number of rotatable bonds is 54. The average molecular weight is 1050 g/mol. The summed E-state index contributed by atoms with van der Waals surface area (Å²) in [5, 5.41) is 0. The van der Waals surface area contributed by atoms with Gasteiger partial charge in [-0.25, -0.2) is 0 Å². The molecule has 0 aliphatic carbocycles. The first-order chi connectivity index (χ1) is 37.5. The summed E-state index contributed by atoms with van der Waals surface area (Å²) in [7, 11) is 0. The summed E-state index contributed by atoms with van der Waals surface area (Å²) < 4.78 is 16.8. The van der Waals surface area contributed by atoms with E-state index < -0.39 is 6.10 Å². The Morgan fingerprint density at radius 1 is 0.276 bits per heavy atom. The lowest BCUT2D eigenvalue weighted by Gasteiger charge is -2.18. The molecular weight excluding hydrogens is 937 g/mol. The van der Waals surface area contributed by atoms with Crippen molar-refractivity contribution in [2.75, 3.05) is 13.2 Å². The van der Waals surface area contributed by atoms with Gasteiger partial charge in [-0.15, -0.1) is 0 Å². The van der Waals surface area contributed by atoms with Crippen LogP contribution in [0.5, 0.6) is 0 Å². The summed E-state index contributed by atoms with van der Waals surface area (Å²) >= 11 is 0. The molecule has 0 aliphatic heterocycles. The lowest BCUT2D eigenvalue weighted by Crippen LogP contribution is -2.30. The SMILES string of the molecule is CC/C=C\C/C=C\C/C=C\C/C=C\C/C=C\C/C=C\CCCCCCCCCCC(=O)OCC(COC(=O)CCCCCCC/C=C\CCCCC)OC(=O)CCCCC/C=C\C/C=C\C/C=C\C/C=C\C/C=C\CC. The number of ether oxygens (including phenoxy) is 3. The minimum Gasteiger partial charge on any atom is -0.462 e. The van der Waals surface area contributed by atoms with Crippen molar-refractivity contribution in [2.24, 2.45) is 0 Å². The minimum atomic E-state index is -0.809. The van der Waals surface area contributed by atoms with Crippen LogP contribution in [0.2, 0.25) is 0 Å². The molecule has 0 aromatic carbocycles. The van der Waals surface area contributed by atoms with Gasteiger partial charge in [-0.1, -0.05) is 244 Å². The second-order valence-electron chi connectivity index (χ2n) is 19.8. The van der Waals surface area contributed by atoms with Crippen LogP contribution in [0.25, 0.3) is 0 Å². The van der Waals surface area contributed by atoms with Crippen LogP contribution in [-0.2, 0) is 28.6 Å². The van der Waals surface area contributed by atoms with Crippen molar-refractivity contribution in [3.8, 4) is 0 Å². The van der Waals surface area contributed by atoms with Crippen molar-refractivity contribution in [3.63, 3.8) is 0 Å². The third kappa shape index (κ3) is 60.2. The van der Waals surface area contributed by atoms with Gasteiger partial charge in [0.1, 0.15) is 13.2 Å². The van der Waals surface area contributed by atoms with E-state index in [1.807, 2.05) is 0 Å². The van der Waals surface area contributed by atoms with Crippen LogP contribution >= 0.6 is 0 Å². The van der Waals surface area contributed by atoms with Crippen LogP contribution < -0.4 is 0 Å². The molecule has 0 aromatic heterocycles. The maximum absolute atomic E-state index is 12.9. The van der Waals surface area contributed by atoms with Gasteiger partial charge in [0.05, 0.1) is 0 Å². The first-order valence-corrected chi connectivity index (χ1v) is 30.8. The van der Waals surface area contributed by atoms with Crippen LogP contribution in [0, 0.1) is 0 Å². The van der Waals surface area contributed by atoms with E-state index in [1.54, 1.807) is 0 Å². The van der Waals surface area contributed by atoms with Crippen molar-refractivity contribution in [1.82, 2.24) is 0 Å². The van der Waals surface area contributed by atoms with Crippen molar-refractivity contribution in [1.29, 1.82) is 0 Å². The zero-order valence-corrected chi connectivity index (χ0v) is 49.0. The van der Waals surface area contributed by atoms with Crippen LogP contribution in [0.3, 0.4) is 0 Å². The number of hydrogen-bond acceptors (Lipinski definition) is 6. The molecule has 0 amide bonds. The second-order valence-corrected chi connectivity index (χ2v) is 19.8. The molecule has 0 aromatic rings. The highest BCUT2D eigenvalue weighted by atomic mass is 16.6. The van der Waals surface area contributed by atoms with Gasteiger partial charge in [0.15, 0.2) is 6.10 Å². The lowest BCUT2D eigenvalue weighted by atomic mass is 10.1. The molecule has 6 nitrogen and oxygen atoms in total. The summed E-state index contributed by atoms with van der Waals surface area (Å²) in [6.07, 6.45) is 89.9. The molecule has 0 saturated carbocycles. The van der Waals surface area contributed by atoms with Gasteiger partial charge in [-0.3, -0.25) is 14.4 Å². The summed E-state index contributed by atoms with van der Waals surface area (Å²) in [5.74, 6) is -0.956. The average Bonchev–Trinajstić information content (AvgIpc) is 3.42. The number of unbranched alkanes of at least 4 members (excludes halogenated alkanes) is 19. The number of allylic oxidation sites excluding steroid dienone is 24. The Morgan fingerprint density at radius 3 is 0.829 bits per heavy atom. The van der Waals surface area contributed by atoms with Gasteiger partial charge in [-0.2, -0.15) is 0 Å². The molecule has 6 heteroatoms. The molecule has 0 saturated heterocycles. The molecule has 0 rings (SSSR count). The molecule has 76 heavy (non-hydrogen) atoms. The summed E-state index contributed by atoms with van der Waals surface area (Å²) in [4.78, 5) is 38.2. The van der Waals surface area contributed by atoms with Crippen LogP contribution in [-0.4, -0.2) is 37.2 Å². The van der Waals surface area contributed by atoms with E-state index in [0.29, 0.717) is 12.8 Å². The van der Waals surface area contributed by atoms with Crippen LogP contribution in [0.4, 0.5) is 0 Å². The van der Waals surface area contributed by atoms with Crippen molar-refractivity contribution in [2.45, 2.75) is 264 Å². The molecule has 428 valence electrons. The molecule has 0 spiro atoms. The predicted molar refractivity (Wildman–Crippen MR) is 329 cm³/mol. The van der Waals surface area contributed by atoms with E-state index >= 15 is 0 Å². The van der Waals surface area contributed by atoms with Gasteiger partial charge < -0.3 is 14.2 Å². The fraction of sp³-hybridized carbons (Fsp3) is 0.614. The highest BCUT2D eigenvalue weighted by Gasteiger charge is 2.19. The monoisotopic (exact) mass is 1050 g/mol. The third-order valence-corrected chi connectivity index (χ3v) is 12.6. The molecular formula is C70H112O6. The summed E-state index contributed by atoms with van der Waals surface area (Å²) in [6.45, 7) is 6.34. The van der Waals surface area contributed by atoms with Crippen molar-refractivity contribution in [3.05, 3.63) is 146 Å². The first-order valence-electron chi connectivity index (χ1n) is 30.8. The number of carbonyl (C=O) groups is 3. The summed E-state index contributed by atoms with van der Waals surface area (Å²) in [6, 6.07) is 0. The smallest absolute Gasteiger partial charge is 0.306 e. The van der Waals surface area contributed by atoms with Gasteiger partial charge in [0.2, 0.25) is 0 Å². The Hall–Kier alpha value is -4.71. The van der Waals surface area contributed by atoms with Gasteiger partial charge in [0.25, 0.3) is 0 Å². The number of carbonyl (C=O) groups excluding carboxylic acids is 3. The van der Waals surface area contributed by atoms with E-state index in [-0.39, 0.29) is 37.5 Å². The molecule has 0 aliphatic rings. The highest BCUT2D eigenvalue weighted by molar-refractivity contribution is 5.71.